The van der Waals surface area contributed by atoms with Crippen molar-refractivity contribution in [1.82, 2.24) is 14.9 Å². The minimum Gasteiger partial charge on any atom is -0.326 e. The van der Waals surface area contributed by atoms with Crippen molar-refractivity contribution in [2.75, 3.05) is 5.32 Å². The van der Waals surface area contributed by atoms with Crippen LogP contribution in [-0.2, 0) is 15.7 Å². The number of H-pyrrole nitrogens is 1. The molecule has 1 aliphatic rings. The van der Waals surface area contributed by atoms with Crippen LogP contribution in [-0.4, -0.2) is 27.5 Å². The summed E-state index contributed by atoms with van der Waals surface area (Å²) >= 11 is 5.21. The van der Waals surface area contributed by atoms with Gasteiger partial charge in [0.2, 0.25) is 0 Å². The maximum absolute atomic E-state index is 14.7. The second kappa shape index (κ2) is 8.44. The van der Waals surface area contributed by atoms with Crippen LogP contribution in [0.2, 0.25) is 0 Å². The molecule has 0 saturated carbocycles. The molecule has 36 heavy (non-hydrogen) atoms. The van der Waals surface area contributed by atoms with Crippen molar-refractivity contribution in [3.63, 3.8) is 0 Å². The highest BCUT2D eigenvalue weighted by molar-refractivity contribution is 7.71. The molecule has 0 unspecified atom stereocenters. The average Bonchev–Trinajstić information content (AvgIpc) is 3.06. The second-order valence-electron chi connectivity index (χ2n) is 9.64. The SMILES string of the molecule is Cc1cccc(-n2c3c(c(=O)[nH]c2=S)[C@@](NC(=O)c2ccc(C(C)(C)C)cc2)(C(F)(F)F)C(=O)N3)c1. The van der Waals surface area contributed by atoms with Gasteiger partial charge in [-0.2, -0.15) is 13.2 Å². The van der Waals surface area contributed by atoms with Crippen LogP contribution in [0.5, 0.6) is 0 Å². The van der Waals surface area contributed by atoms with Gasteiger partial charge in [-0.15, -0.1) is 0 Å². The van der Waals surface area contributed by atoms with E-state index in [2.05, 4.69) is 10.3 Å². The van der Waals surface area contributed by atoms with E-state index in [0.29, 0.717) is 5.69 Å². The van der Waals surface area contributed by atoms with Gasteiger partial charge in [-0.05, 0) is 59.9 Å². The molecule has 2 aromatic carbocycles. The largest absolute Gasteiger partial charge is 0.425 e. The molecule has 1 aliphatic heterocycles. The van der Waals surface area contributed by atoms with E-state index in [4.69, 9.17) is 12.2 Å². The number of nitrogens with zero attached hydrogens (tertiary/aromatic N) is 1. The summed E-state index contributed by atoms with van der Waals surface area (Å²) in [6, 6.07) is 12.6. The third kappa shape index (κ3) is 4.02. The van der Waals surface area contributed by atoms with Gasteiger partial charge in [0, 0.05) is 5.56 Å². The summed E-state index contributed by atoms with van der Waals surface area (Å²) in [5.41, 5.74) is -4.25. The van der Waals surface area contributed by atoms with Crippen molar-refractivity contribution >= 4 is 29.9 Å². The minimum absolute atomic E-state index is 0.101. The van der Waals surface area contributed by atoms with Crippen molar-refractivity contribution in [3.05, 3.63) is 85.9 Å². The Morgan fingerprint density at radius 1 is 1.06 bits per heavy atom. The predicted octanol–water partition coefficient (Wildman–Crippen LogP) is 4.64. The van der Waals surface area contributed by atoms with E-state index in [-0.39, 0.29) is 15.7 Å². The van der Waals surface area contributed by atoms with E-state index in [1.165, 1.54) is 12.1 Å². The number of fused-ring (bicyclic) bond motifs is 1. The number of aromatic amines is 1. The summed E-state index contributed by atoms with van der Waals surface area (Å²) in [4.78, 5) is 41.1. The molecule has 0 fully saturated rings. The molecule has 188 valence electrons. The fourth-order valence-corrected chi connectivity index (χ4v) is 4.45. The van der Waals surface area contributed by atoms with Gasteiger partial charge in [0.25, 0.3) is 22.9 Å². The van der Waals surface area contributed by atoms with Crippen molar-refractivity contribution in [1.29, 1.82) is 0 Å². The molecule has 11 heteroatoms. The smallest absolute Gasteiger partial charge is 0.326 e. The van der Waals surface area contributed by atoms with Crippen LogP contribution in [0.3, 0.4) is 0 Å². The van der Waals surface area contributed by atoms with Crippen LogP contribution < -0.4 is 16.2 Å². The van der Waals surface area contributed by atoms with Gasteiger partial charge in [-0.1, -0.05) is 45.0 Å². The maximum atomic E-state index is 14.7. The molecule has 4 rings (SSSR count). The van der Waals surface area contributed by atoms with Crippen molar-refractivity contribution < 1.29 is 22.8 Å². The Kier molecular flexibility index (Phi) is 5.95. The first kappa shape index (κ1) is 25.4. The predicted molar refractivity (Wildman–Crippen MR) is 131 cm³/mol. The number of carbonyl (C=O) groups excluding carboxylic acids is 2. The molecule has 1 aromatic heterocycles. The van der Waals surface area contributed by atoms with Crippen LogP contribution in [0.15, 0.2) is 53.3 Å². The Morgan fingerprint density at radius 3 is 2.25 bits per heavy atom. The summed E-state index contributed by atoms with van der Waals surface area (Å²) in [7, 11) is 0. The summed E-state index contributed by atoms with van der Waals surface area (Å²) in [5.74, 6) is -3.24. The van der Waals surface area contributed by atoms with Crippen molar-refractivity contribution in [3.8, 4) is 5.69 Å². The molecular weight excluding hydrogens is 493 g/mol. The maximum Gasteiger partial charge on any atom is 0.425 e. The van der Waals surface area contributed by atoms with Crippen LogP contribution in [0.25, 0.3) is 5.69 Å². The quantitative estimate of drug-likeness (QED) is 0.442. The molecule has 0 radical (unpaired) electrons. The zero-order valence-electron chi connectivity index (χ0n) is 19.8. The number of nitrogens with one attached hydrogen (secondary N) is 3. The Morgan fingerprint density at radius 2 is 1.69 bits per heavy atom. The summed E-state index contributed by atoms with van der Waals surface area (Å²) in [6.07, 6.45) is -5.36. The lowest BCUT2D eigenvalue weighted by Crippen LogP contribution is -2.61. The fraction of sp³-hybridized carbons (Fsp3) is 0.280. The van der Waals surface area contributed by atoms with E-state index >= 15 is 0 Å². The molecule has 2 amide bonds. The molecule has 3 aromatic rings. The van der Waals surface area contributed by atoms with Gasteiger partial charge in [-0.25, -0.2) is 0 Å². The molecule has 0 spiro atoms. The van der Waals surface area contributed by atoms with Gasteiger partial charge < -0.3 is 10.6 Å². The number of aromatic nitrogens is 2. The third-order valence-corrected chi connectivity index (χ3v) is 6.34. The first-order valence-corrected chi connectivity index (χ1v) is 11.4. The van der Waals surface area contributed by atoms with Gasteiger partial charge in [0.05, 0.1) is 5.69 Å². The third-order valence-electron chi connectivity index (χ3n) is 6.06. The van der Waals surface area contributed by atoms with E-state index in [9.17, 15) is 27.6 Å². The first-order chi connectivity index (χ1) is 16.7. The molecule has 0 bridgehead atoms. The summed E-state index contributed by atoms with van der Waals surface area (Å²) < 4.78 is 44.9. The molecule has 2 heterocycles. The Balaban J connectivity index is 1.90. The number of anilines is 1. The van der Waals surface area contributed by atoms with E-state index < -0.39 is 40.5 Å². The molecule has 7 nitrogen and oxygen atoms in total. The number of amides is 2. The second-order valence-corrected chi connectivity index (χ2v) is 10.0. The van der Waals surface area contributed by atoms with Crippen LogP contribution in [0, 0.1) is 11.7 Å². The lowest BCUT2D eigenvalue weighted by molar-refractivity contribution is -0.196. The minimum atomic E-state index is -5.36. The van der Waals surface area contributed by atoms with Gasteiger partial charge in [-0.3, -0.25) is 23.9 Å². The van der Waals surface area contributed by atoms with Crippen LogP contribution in [0.4, 0.5) is 19.0 Å². The number of hydrogen-bond acceptors (Lipinski definition) is 4. The van der Waals surface area contributed by atoms with Crippen LogP contribution >= 0.6 is 12.2 Å². The number of rotatable bonds is 3. The van der Waals surface area contributed by atoms with E-state index in [1.54, 1.807) is 43.3 Å². The molecular formula is C25H23F3N4O3S. The highest BCUT2D eigenvalue weighted by Gasteiger charge is 2.68. The number of alkyl halides is 3. The number of halogens is 3. The van der Waals surface area contributed by atoms with Gasteiger partial charge >= 0.3 is 6.18 Å². The van der Waals surface area contributed by atoms with Crippen LogP contribution in [0.1, 0.15) is 47.8 Å². The lowest BCUT2D eigenvalue weighted by atomic mass is 9.86. The van der Waals surface area contributed by atoms with E-state index in [0.717, 1.165) is 15.7 Å². The standard InChI is InChI=1S/C25H23F3N4O3S/c1-13-6-5-7-16(12-13)32-18-17(20(34)30-22(32)36)24(21(35)29-18,25(26,27)28)31-19(33)14-8-10-15(11-9-14)23(2,3)4/h5-12H,1-4H3,(H,29,35)(H,31,33)(H,30,34,36)/t24-/m0/s1. The zero-order valence-corrected chi connectivity index (χ0v) is 20.6. The first-order valence-electron chi connectivity index (χ1n) is 10.9. The Bertz CT molecular complexity index is 1500. The normalized spacial score (nSPS) is 17.5. The van der Waals surface area contributed by atoms with Crippen molar-refractivity contribution in [2.45, 2.75) is 44.8 Å². The molecule has 0 saturated heterocycles. The number of hydrogen-bond donors (Lipinski definition) is 3. The molecule has 1 atom stereocenters. The number of aryl methyl sites for hydroxylation is 1. The number of benzene rings is 2. The molecule has 3 N–H and O–H groups in total. The monoisotopic (exact) mass is 516 g/mol. The topological polar surface area (TPSA) is 96.0 Å². The fourth-order valence-electron chi connectivity index (χ4n) is 4.16. The lowest BCUT2D eigenvalue weighted by Gasteiger charge is -2.30. The molecule has 0 aliphatic carbocycles. The Labute approximate surface area is 209 Å². The number of carbonyl (C=O) groups is 2. The van der Waals surface area contributed by atoms with Gasteiger partial charge in [0.15, 0.2) is 4.77 Å². The highest BCUT2D eigenvalue weighted by Crippen LogP contribution is 2.46. The van der Waals surface area contributed by atoms with Gasteiger partial charge in [0.1, 0.15) is 11.4 Å². The summed E-state index contributed by atoms with van der Waals surface area (Å²) in [5, 5.41) is 3.97. The zero-order chi connectivity index (χ0) is 26.6. The summed E-state index contributed by atoms with van der Waals surface area (Å²) in [6.45, 7) is 7.61. The van der Waals surface area contributed by atoms with E-state index in [1.807, 2.05) is 26.1 Å². The van der Waals surface area contributed by atoms with Crippen molar-refractivity contribution in [2.24, 2.45) is 0 Å². The average molecular weight is 517 g/mol. The highest BCUT2D eigenvalue weighted by atomic mass is 32.1. The Hall–Kier alpha value is -3.73.